The first kappa shape index (κ1) is 12.1. The van der Waals surface area contributed by atoms with Gasteiger partial charge in [0.2, 0.25) is 0 Å². The summed E-state index contributed by atoms with van der Waals surface area (Å²) in [5.74, 6) is 0. The molecule has 3 nitrogen and oxygen atoms in total. The van der Waals surface area contributed by atoms with E-state index in [1.54, 1.807) is 6.07 Å². The molecule has 84 valence electrons. The highest BCUT2D eigenvalue weighted by molar-refractivity contribution is 6.33. The van der Waals surface area contributed by atoms with Gasteiger partial charge >= 0.3 is 0 Å². The summed E-state index contributed by atoms with van der Waals surface area (Å²) in [5.41, 5.74) is 7.28. The van der Waals surface area contributed by atoms with E-state index in [4.69, 9.17) is 22.1 Å². The Labute approximate surface area is 95.8 Å². The second-order valence-electron chi connectivity index (χ2n) is 3.33. The van der Waals surface area contributed by atoms with E-state index in [1.165, 1.54) is 0 Å². The van der Waals surface area contributed by atoms with Gasteiger partial charge in [0.25, 0.3) is 0 Å². The average molecular weight is 229 g/mol. The molecule has 0 unspecified atom stereocenters. The molecule has 0 fully saturated rings. The fourth-order valence-corrected chi connectivity index (χ4v) is 1.63. The third-order valence-electron chi connectivity index (χ3n) is 2.16. The van der Waals surface area contributed by atoms with Crippen LogP contribution in [0.3, 0.4) is 0 Å². The zero-order valence-electron chi connectivity index (χ0n) is 9.16. The molecular weight excluding hydrogens is 212 g/mol. The molecular formula is C11H17ClN2O. The van der Waals surface area contributed by atoms with E-state index in [9.17, 15) is 0 Å². The molecule has 0 saturated carbocycles. The third kappa shape index (κ3) is 3.61. The van der Waals surface area contributed by atoms with Gasteiger partial charge in [0.05, 0.1) is 17.3 Å². The number of nitrogens with two attached hydrogens (primary N) is 1. The fraction of sp³-hybridized carbons (Fsp3) is 0.455. The first-order chi connectivity index (χ1) is 7.15. The highest BCUT2D eigenvalue weighted by Crippen LogP contribution is 2.26. The first-order valence-electron chi connectivity index (χ1n) is 4.99. The molecule has 1 rings (SSSR count). The Morgan fingerprint density at radius 3 is 2.80 bits per heavy atom. The summed E-state index contributed by atoms with van der Waals surface area (Å²) < 4.78 is 5.28. The number of anilines is 2. The predicted molar refractivity (Wildman–Crippen MR) is 65.6 cm³/mol. The van der Waals surface area contributed by atoms with Crippen molar-refractivity contribution in [2.75, 3.05) is 37.4 Å². The number of benzene rings is 1. The van der Waals surface area contributed by atoms with Crippen LogP contribution in [0, 0.1) is 0 Å². The number of nitrogens with zero attached hydrogens (tertiary/aromatic N) is 1. The Morgan fingerprint density at radius 2 is 2.20 bits per heavy atom. The van der Waals surface area contributed by atoms with Gasteiger partial charge < -0.3 is 15.4 Å². The van der Waals surface area contributed by atoms with E-state index in [-0.39, 0.29) is 0 Å². The van der Waals surface area contributed by atoms with Gasteiger partial charge in [-0.2, -0.15) is 0 Å². The summed E-state index contributed by atoms with van der Waals surface area (Å²) in [6.45, 7) is 4.24. The Hall–Kier alpha value is -0.930. The molecule has 1 aromatic carbocycles. The second-order valence-corrected chi connectivity index (χ2v) is 3.74. The van der Waals surface area contributed by atoms with Crippen LogP contribution in [0.25, 0.3) is 0 Å². The van der Waals surface area contributed by atoms with E-state index in [2.05, 4.69) is 4.90 Å². The number of halogens is 1. The van der Waals surface area contributed by atoms with Crippen molar-refractivity contribution in [1.82, 2.24) is 0 Å². The molecule has 0 bridgehead atoms. The Morgan fingerprint density at radius 1 is 1.47 bits per heavy atom. The SMILES string of the molecule is CCOCCN(C)c1ccc(N)cc1Cl. The number of hydrogen-bond donors (Lipinski definition) is 1. The molecule has 0 aliphatic rings. The average Bonchev–Trinajstić information content (AvgIpc) is 2.17. The summed E-state index contributed by atoms with van der Waals surface area (Å²) in [7, 11) is 1.98. The van der Waals surface area contributed by atoms with Crippen LogP contribution in [-0.2, 0) is 4.74 Å². The standard InChI is InChI=1S/C11H17ClN2O/c1-3-15-7-6-14(2)11-5-4-9(13)8-10(11)12/h4-5,8H,3,6-7,13H2,1-2H3. The predicted octanol–water partition coefficient (Wildman–Crippen LogP) is 2.39. The van der Waals surface area contributed by atoms with Gasteiger partial charge in [0.1, 0.15) is 0 Å². The van der Waals surface area contributed by atoms with Crippen molar-refractivity contribution in [3.8, 4) is 0 Å². The van der Waals surface area contributed by atoms with Gasteiger partial charge in [-0.1, -0.05) is 11.6 Å². The number of ether oxygens (including phenoxy) is 1. The van der Waals surface area contributed by atoms with E-state index in [1.807, 2.05) is 26.1 Å². The van der Waals surface area contributed by atoms with E-state index >= 15 is 0 Å². The van der Waals surface area contributed by atoms with Crippen LogP contribution >= 0.6 is 11.6 Å². The van der Waals surface area contributed by atoms with Crippen LogP contribution in [0.5, 0.6) is 0 Å². The smallest absolute Gasteiger partial charge is 0.0659 e. The van der Waals surface area contributed by atoms with Gasteiger partial charge in [-0.3, -0.25) is 0 Å². The number of hydrogen-bond acceptors (Lipinski definition) is 3. The monoisotopic (exact) mass is 228 g/mol. The van der Waals surface area contributed by atoms with E-state index in [0.717, 1.165) is 18.8 Å². The maximum absolute atomic E-state index is 6.07. The summed E-state index contributed by atoms with van der Waals surface area (Å²) in [6, 6.07) is 5.52. The number of rotatable bonds is 5. The van der Waals surface area contributed by atoms with Crippen molar-refractivity contribution in [3.63, 3.8) is 0 Å². The maximum atomic E-state index is 6.07. The summed E-state index contributed by atoms with van der Waals surface area (Å²) >= 11 is 6.07. The van der Waals surface area contributed by atoms with Gasteiger partial charge in [0.15, 0.2) is 0 Å². The Balaban J connectivity index is 2.61. The molecule has 15 heavy (non-hydrogen) atoms. The lowest BCUT2D eigenvalue weighted by Crippen LogP contribution is -2.22. The highest BCUT2D eigenvalue weighted by atomic mass is 35.5. The minimum atomic E-state index is 0.675. The van der Waals surface area contributed by atoms with Crippen LogP contribution in [0.4, 0.5) is 11.4 Å². The zero-order chi connectivity index (χ0) is 11.3. The molecule has 0 radical (unpaired) electrons. The van der Waals surface area contributed by atoms with Crippen LogP contribution < -0.4 is 10.6 Å². The lowest BCUT2D eigenvalue weighted by molar-refractivity contribution is 0.154. The van der Waals surface area contributed by atoms with Gasteiger partial charge in [-0.25, -0.2) is 0 Å². The molecule has 0 aliphatic carbocycles. The molecule has 4 heteroatoms. The lowest BCUT2D eigenvalue weighted by atomic mass is 10.2. The third-order valence-corrected chi connectivity index (χ3v) is 2.46. The van der Waals surface area contributed by atoms with Crippen LogP contribution in [0.2, 0.25) is 5.02 Å². The molecule has 0 heterocycles. The van der Waals surface area contributed by atoms with Crippen molar-refractivity contribution in [2.24, 2.45) is 0 Å². The van der Waals surface area contributed by atoms with Crippen molar-refractivity contribution in [2.45, 2.75) is 6.92 Å². The normalized spacial score (nSPS) is 10.3. The topological polar surface area (TPSA) is 38.5 Å². The minimum absolute atomic E-state index is 0.675. The van der Waals surface area contributed by atoms with Crippen LogP contribution in [-0.4, -0.2) is 26.8 Å². The van der Waals surface area contributed by atoms with Crippen molar-refractivity contribution < 1.29 is 4.74 Å². The maximum Gasteiger partial charge on any atom is 0.0659 e. The molecule has 2 N–H and O–H groups in total. The summed E-state index contributed by atoms with van der Waals surface area (Å²) in [6.07, 6.45) is 0. The van der Waals surface area contributed by atoms with Crippen LogP contribution in [0.1, 0.15) is 6.92 Å². The molecule has 0 amide bonds. The Kier molecular flexibility index (Phi) is 4.72. The quantitative estimate of drug-likeness (QED) is 0.621. The highest BCUT2D eigenvalue weighted by Gasteiger charge is 2.05. The summed E-state index contributed by atoms with van der Waals surface area (Å²) in [4.78, 5) is 2.05. The van der Waals surface area contributed by atoms with Gasteiger partial charge in [-0.05, 0) is 25.1 Å². The van der Waals surface area contributed by atoms with Gasteiger partial charge in [0, 0.05) is 25.9 Å². The molecule has 0 spiro atoms. The Bertz CT molecular complexity index is 317. The van der Waals surface area contributed by atoms with Crippen molar-refractivity contribution in [1.29, 1.82) is 0 Å². The van der Waals surface area contributed by atoms with E-state index in [0.29, 0.717) is 17.3 Å². The van der Waals surface area contributed by atoms with Gasteiger partial charge in [-0.15, -0.1) is 0 Å². The summed E-state index contributed by atoms with van der Waals surface area (Å²) in [5, 5.41) is 0.675. The second kappa shape index (κ2) is 5.83. The molecule has 1 aromatic rings. The molecule has 0 aliphatic heterocycles. The van der Waals surface area contributed by atoms with Crippen molar-refractivity contribution >= 4 is 23.0 Å². The molecule has 0 atom stereocenters. The number of likely N-dealkylation sites (N-methyl/N-ethyl adjacent to an activating group) is 1. The largest absolute Gasteiger partial charge is 0.399 e. The molecule has 0 aromatic heterocycles. The van der Waals surface area contributed by atoms with E-state index < -0.39 is 0 Å². The first-order valence-corrected chi connectivity index (χ1v) is 5.37. The lowest BCUT2D eigenvalue weighted by Gasteiger charge is -2.20. The van der Waals surface area contributed by atoms with Crippen molar-refractivity contribution in [3.05, 3.63) is 23.2 Å². The fourth-order valence-electron chi connectivity index (χ4n) is 1.30. The molecule has 0 saturated heterocycles. The number of nitrogen functional groups attached to an aromatic ring is 1. The minimum Gasteiger partial charge on any atom is -0.399 e. The zero-order valence-corrected chi connectivity index (χ0v) is 9.92. The van der Waals surface area contributed by atoms with Crippen LogP contribution in [0.15, 0.2) is 18.2 Å².